The molecule has 2 saturated heterocycles. The lowest BCUT2D eigenvalue weighted by molar-refractivity contribution is -0.137. The summed E-state index contributed by atoms with van der Waals surface area (Å²) in [5.74, 6) is -2.93. The third-order valence-corrected chi connectivity index (χ3v) is 8.61. The van der Waals surface area contributed by atoms with E-state index in [1.165, 1.54) is 41.5 Å². The van der Waals surface area contributed by atoms with Gasteiger partial charge in [0.05, 0.1) is 47.8 Å². The van der Waals surface area contributed by atoms with Crippen molar-refractivity contribution in [3.8, 4) is 23.2 Å². The number of amides is 1. The molecule has 2 aromatic heterocycles. The maximum atomic E-state index is 14.2. The Hall–Kier alpha value is -4.97. The molecule has 2 atom stereocenters. The van der Waals surface area contributed by atoms with Crippen LogP contribution in [0, 0.1) is 11.3 Å². The van der Waals surface area contributed by atoms with Gasteiger partial charge >= 0.3 is 12.2 Å². The number of hydrogen-bond donors (Lipinski definition) is 1. The Morgan fingerprint density at radius 1 is 1.21 bits per heavy atom. The number of nitrogens with zero attached hydrogens (tertiary/aromatic N) is 6. The number of ether oxygens (including phenoxy) is 1. The minimum absolute atomic E-state index is 0.0145. The molecule has 1 amide bonds. The van der Waals surface area contributed by atoms with Crippen LogP contribution in [-0.4, -0.2) is 83.5 Å². The van der Waals surface area contributed by atoms with E-state index in [2.05, 4.69) is 22.6 Å². The molecule has 0 spiro atoms. The van der Waals surface area contributed by atoms with Gasteiger partial charge in [0.15, 0.2) is 0 Å². The van der Waals surface area contributed by atoms with Gasteiger partial charge in [-0.25, -0.2) is 8.78 Å². The summed E-state index contributed by atoms with van der Waals surface area (Å²) in [6, 6.07) is 7.07. The predicted octanol–water partition coefficient (Wildman–Crippen LogP) is 5.48. The monoisotopic (exact) mass is 655 g/mol. The van der Waals surface area contributed by atoms with Crippen LogP contribution in [0.3, 0.4) is 0 Å². The SMILES string of the molecule is C=CC(=O)N1CCN(c2nc(OC[C@@H]3CC(F)(F)CN3C)nc3cc(-c4cc(N)ccc4C(F)(F)F)c4ccoc4c23)C[C@@H]1CC#N. The number of furan rings is 1. The number of benzene rings is 2. The molecule has 2 aromatic carbocycles. The van der Waals surface area contributed by atoms with Crippen molar-refractivity contribution in [3.05, 3.63) is 54.8 Å². The van der Waals surface area contributed by atoms with Crippen molar-refractivity contribution in [2.24, 2.45) is 0 Å². The second-order valence-corrected chi connectivity index (χ2v) is 11.8. The zero-order valence-electron chi connectivity index (χ0n) is 25.2. The summed E-state index contributed by atoms with van der Waals surface area (Å²) in [6.07, 6.45) is -2.59. The molecule has 246 valence electrons. The summed E-state index contributed by atoms with van der Waals surface area (Å²) in [4.78, 5) is 26.6. The fourth-order valence-electron chi connectivity index (χ4n) is 6.40. The number of aromatic nitrogens is 2. The quantitative estimate of drug-likeness (QED) is 0.157. The Morgan fingerprint density at radius 3 is 2.68 bits per heavy atom. The molecule has 0 radical (unpaired) electrons. The lowest BCUT2D eigenvalue weighted by Crippen LogP contribution is -2.55. The maximum Gasteiger partial charge on any atom is 0.417 e. The minimum Gasteiger partial charge on any atom is -0.463 e. The number of fused-ring (bicyclic) bond motifs is 3. The molecule has 2 aliphatic heterocycles. The third-order valence-electron chi connectivity index (χ3n) is 8.61. The molecule has 6 rings (SSSR count). The maximum absolute atomic E-state index is 14.2. The van der Waals surface area contributed by atoms with Crippen LogP contribution in [0.25, 0.3) is 33.0 Å². The van der Waals surface area contributed by atoms with Crippen molar-refractivity contribution in [1.29, 1.82) is 5.26 Å². The number of alkyl halides is 5. The summed E-state index contributed by atoms with van der Waals surface area (Å²) in [5.41, 5.74) is 5.48. The first-order chi connectivity index (χ1) is 22.3. The highest BCUT2D eigenvalue weighted by Gasteiger charge is 2.43. The smallest absolute Gasteiger partial charge is 0.417 e. The van der Waals surface area contributed by atoms with E-state index in [-0.39, 0.29) is 72.5 Å². The first-order valence-electron chi connectivity index (χ1n) is 14.7. The Kier molecular flexibility index (Phi) is 8.17. The van der Waals surface area contributed by atoms with E-state index in [0.29, 0.717) is 16.6 Å². The molecule has 10 nitrogen and oxygen atoms in total. The van der Waals surface area contributed by atoms with Crippen LogP contribution in [-0.2, 0) is 11.0 Å². The molecule has 47 heavy (non-hydrogen) atoms. The molecule has 0 bridgehead atoms. The van der Waals surface area contributed by atoms with Crippen LogP contribution in [0.2, 0.25) is 0 Å². The largest absolute Gasteiger partial charge is 0.463 e. The van der Waals surface area contributed by atoms with E-state index in [0.717, 1.165) is 6.07 Å². The van der Waals surface area contributed by atoms with Crippen molar-refractivity contribution < 1.29 is 35.9 Å². The second-order valence-electron chi connectivity index (χ2n) is 11.8. The molecular weight excluding hydrogens is 625 g/mol. The number of carbonyl (C=O) groups excluding carboxylic acids is 1. The van der Waals surface area contributed by atoms with Crippen LogP contribution >= 0.6 is 0 Å². The van der Waals surface area contributed by atoms with E-state index in [9.17, 15) is 32.0 Å². The first kappa shape index (κ1) is 32.0. The number of piperazine rings is 1. The number of likely N-dealkylation sites (N-methyl/N-ethyl adjacent to an activating group) is 1. The molecule has 2 N–H and O–H groups in total. The van der Waals surface area contributed by atoms with Gasteiger partial charge in [-0.15, -0.1) is 0 Å². The van der Waals surface area contributed by atoms with Crippen molar-refractivity contribution in [2.75, 3.05) is 50.5 Å². The molecule has 0 unspecified atom stereocenters. The van der Waals surface area contributed by atoms with Crippen LogP contribution in [0.4, 0.5) is 33.5 Å². The summed E-state index contributed by atoms with van der Waals surface area (Å²) >= 11 is 0. The van der Waals surface area contributed by atoms with Crippen molar-refractivity contribution in [3.63, 3.8) is 0 Å². The number of hydrogen-bond acceptors (Lipinski definition) is 9. The molecule has 4 heterocycles. The number of nitrogens with two attached hydrogens (primary N) is 1. The van der Waals surface area contributed by atoms with E-state index < -0.39 is 42.7 Å². The molecular formula is C32H30F5N7O3. The van der Waals surface area contributed by atoms with Gasteiger partial charge in [-0.05, 0) is 54.6 Å². The number of anilines is 2. The average molecular weight is 656 g/mol. The van der Waals surface area contributed by atoms with E-state index in [4.69, 9.17) is 14.9 Å². The van der Waals surface area contributed by atoms with Gasteiger partial charge in [0, 0.05) is 43.2 Å². The van der Waals surface area contributed by atoms with Crippen LogP contribution < -0.4 is 15.4 Å². The summed E-state index contributed by atoms with van der Waals surface area (Å²) in [5, 5.41) is 10.2. The highest BCUT2D eigenvalue weighted by molar-refractivity contribution is 6.14. The zero-order chi connectivity index (χ0) is 33.7. The van der Waals surface area contributed by atoms with Crippen molar-refractivity contribution in [2.45, 2.75) is 37.0 Å². The molecule has 2 fully saturated rings. The van der Waals surface area contributed by atoms with Gasteiger partial charge < -0.3 is 24.7 Å². The minimum atomic E-state index is -4.70. The number of rotatable bonds is 7. The van der Waals surface area contributed by atoms with Gasteiger partial charge in [0.25, 0.3) is 5.92 Å². The highest BCUT2D eigenvalue weighted by atomic mass is 19.4. The standard InChI is InChI=1S/C32H30F5N7O3/c1-3-26(45)44-10-9-43(15-19(44)6-8-38)29-27-25(40-30(41-29)47-16-20-14-31(33,34)17-42(20)2)13-22(21-7-11-46-28(21)27)23-12-18(39)4-5-24(23)32(35,36)37/h3-5,7,11-13,19-20H,1,6,9-10,14-17,39H2,2H3/t19-,20-/m0/s1. The lowest BCUT2D eigenvalue weighted by atomic mass is 9.94. The topological polar surface area (TPSA) is 125 Å². The van der Waals surface area contributed by atoms with Gasteiger partial charge in [0.1, 0.15) is 18.0 Å². The van der Waals surface area contributed by atoms with Crippen molar-refractivity contribution >= 4 is 39.3 Å². The van der Waals surface area contributed by atoms with Crippen LogP contribution in [0.1, 0.15) is 18.4 Å². The van der Waals surface area contributed by atoms with Gasteiger partial charge in [-0.2, -0.15) is 28.4 Å². The summed E-state index contributed by atoms with van der Waals surface area (Å²) in [6.45, 7) is 3.61. The lowest BCUT2D eigenvalue weighted by Gasteiger charge is -2.41. The van der Waals surface area contributed by atoms with Crippen LogP contribution in [0.5, 0.6) is 6.01 Å². The van der Waals surface area contributed by atoms with Gasteiger partial charge in [0.2, 0.25) is 5.91 Å². The number of likely N-dealkylation sites (tertiary alicyclic amines) is 1. The van der Waals surface area contributed by atoms with E-state index in [1.807, 2.05) is 4.90 Å². The Balaban J connectivity index is 1.51. The highest BCUT2D eigenvalue weighted by Crippen LogP contribution is 2.44. The summed E-state index contributed by atoms with van der Waals surface area (Å²) < 4.78 is 82.5. The average Bonchev–Trinajstić information content (AvgIpc) is 3.61. The zero-order valence-corrected chi connectivity index (χ0v) is 25.2. The second kappa shape index (κ2) is 12.0. The molecule has 0 aliphatic carbocycles. The first-order valence-corrected chi connectivity index (χ1v) is 14.7. The van der Waals surface area contributed by atoms with Gasteiger partial charge in [-0.1, -0.05) is 6.58 Å². The number of carbonyl (C=O) groups is 1. The Bertz CT molecular complexity index is 1900. The number of nitriles is 1. The molecule has 0 saturated carbocycles. The Labute approximate surface area is 265 Å². The fourth-order valence-corrected chi connectivity index (χ4v) is 6.40. The van der Waals surface area contributed by atoms with Gasteiger partial charge in [-0.3, -0.25) is 9.69 Å². The van der Waals surface area contributed by atoms with Crippen molar-refractivity contribution in [1.82, 2.24) is 19.8 Å². The third kappa shape index (κ3) is 6.12. The summed E-state index contributed by atoms with van der Waals surface area (Å²) in [7, 11) is 1.56. The molecule has 2 aliphatic rings. The Morgan fingerprint density at radius 2 is 2.00 bits per heavy atom. The normalized spacial score (nSPS) is 20.1. The number of nitrogen functional groups attached to an aromatic ring is 1. The van der Waals surface area contributed by atoms with E-state index >= 15 is 0 Å². The number of halogens is 5. The molecule has 4 aromatic rings. The van der Waals surface area contributed by atoms with E-state index in [1.54, 1.807) is 11.9 Å². The fraction of sp³-hybridized carbons (Fsp3) is 0.375. The predicted molar refractivity (Wildman–Crippen MR) is 164 cm³/mol. The van der Waals surface area contributed by atoms with Crippen LogP contribution in [0.15, 0.2) is 53.7 Å². The molecule has 15 heteroatoms.